The number of aromatic amines is 1. The first kappa shape index (κ1) is 13.1. The lowest BCUT2D eigenvalue weighted by Gasteiger charge is -2.07. The van der Waals surface area contributed by atoms with Crippen molar-refractivity contribution in [3.63, 3.8) is 0 Å². The molecule has 0 bridgehead atoms. The van der Waals surface area contributed by atoms with E-state index >= 15 is 0 Å². The maximum atomic E-state index is 11.9. The number of esters is 1. The number of nitrogens with one attached hydrogen (secondary N) is 1. The Kier molecular flexibility index (Phi) is 3.80. The Morgan fingerprint density at radius 3 is 2.53 bits per heavy atom. The topological polar surface area (TPSA) is 59.2 Å². The molecule has 0 unspecified atom stereocenters. The molecule has 19 heavy (non-hydrogen) atoms. The van der Waals surface area contributed by atoms with Crippen molar-refractivity contribution in [3.8, 4) is 0 Å². The molecule has 0 aliphatic rings. The first-order valence-corrected chi connectivity index (χ1v) is 5.99. The van der Waals surface area contributed by atoms with Gasteiger partial charge in [-0.1, -0.05) is 30.3 Å². The van der Waals surface area contributed by atoms with Crippen LogP contribution in [0.1, 0.15) is 27.3 Å². The maximum Gasteiger partial charge on any atom is 0.344 e. The number of H-pyrrole nitrogens is 1. The third kappa shape index (κ3) is 3.10. The number of carbonyl (C=O) groups is 1. The first-order chi connectivity index (χ1) is 9.08. The standard InChI is InChI=1S/C15H15NO3/c1-10-8-13(17)14(11(2)16-10)15(18)19-9-12-6-4-3-5-7-12/h3-8H,9H2,1-2H3,(H,16,17). The van der Waals surface area contributed by atoms with E-state index in [-0.39, 0.29) is 17.6 Å². The number of pyridine rings is 1. The van der Waals surface area contributed by atoms with Crippen molar-refractivity contribution in [1.82, 2.24) is 4.98 Å². The minimum absolute atomic E-state index is 0.0709. The smallest absolute Gasteiger partial charge is 0.344 e. The molecule has 0 atom stereocenters. The van der Waals surface area contributed by atoms with Gasteiger partial charge in [-0.15, -0.1) is 0 Å². The zero-order valence-electron chi connectivity index (χ0n) is 10.9. The average Bonchev–Trinajstić information content (AvgIpc) is 2.36. The second kappa shape index (κ2) is 5.52. The molecule has 1 aromatic carbocycles. The monoisotopic (exact) mass is 257 g/mol. The number of aromatic nitrogens is 1. The summed E-state index contributed by atoms with van der Waals surface area (Å²) in [7, 11) is 0. The molecule has 0 fully saturated rings. The predicted octanol–water partition coefficient (Wildman–Crippen LogP) is 2.35. The fourth-order valence-corrected chi connectivity index (χ4v) is 1.90. The van der Waals surface area contributed by atoms with Crippen LogP contribution in [0.3, 0.4) is 0 Å². The molecule has 1 aromatic heterocycles. The highest BCUT2D eigenvalue weighted by molar-refractivity contribution is 5.90. The van der Waals surface area contributed by atoms with Gasteiger partial charge in [0.05, 0.1) is 0 Å². The number of aryl methyl sites for hydroxylation is 2. The summed E-state index contributed by atoms with van der Waals surface area (Å²) in [5.41, 5.74) is 1.90. The van der Waals surface area contributed by atoms with Crippen LogP contribution in [0.2, 0.25) is 0 Å². The zero-order valence-corrected chi connectivity index (χ0v) is 10.9. The van der Waals surface area contributed by atoms with Crippen LogP contribution in [0.15, 0.2) is 41.2 Å². The second-order valence-corrected chi connectivity index (χ2v) is 4.38. The Morgan fingerprint density at radius 2 is 1.89 bits per heavy atom. The van der Waals surface area contributed by atoms with E-state index in [4.69, 9.17) is 4.74 Å². The molecular formula is C15H15NO3. The molecule has 4 nitrogen and oxygen atoms in total. The van der Waals surface area contributed by atoms with E-state index in [2.05, 4.69) is 4.98 Å². The average molecular weight is 257 g/mol. The summed E-state index contributed by atoms with van der Waals surface area (Å²) in [6.07, 6.45) is 0. The van der Waals surface area contributed by atoms with Crippen molar-refractivity contribution >= 4 is 5.97 Å². The van der Waals surface area contributed by atoms with E-state index in [1.165, 1.54) is 6.07 Å². The van der Waals surface area contributed by atoms with Gasteiger partial charge in [0.2, 0.25) is 0 Å². The number of carbonyl (C=O) groups excluding carboxylic acids is 1. The second-order valence-electron chi connectivity index (χ2n) is 4.38. The molecule has 98 valence electrons. The van der Waals surface area contributed by atoms with E-state index in [1.807, 2.05) is 30.3 Å². The highest BCUT2D eigenvalue weighted by Gasteiger charge is 2.15. The summed E-state index contributed by atoms with van der Waals surface area (Å²) in [5, 5.41) is 0. The van der Waals surface area contributed by atoms with E-state index < -0.39 is 5.97 Å². The van der Waals surface area contributed by atoms with Crippen LogP contribution in [-0.2, 0) is 11.3 Å². The molecule has 4 heteroatoms. The summed E-state index contributed by atoms with van der Waals surface area (Å²) in [4.78, 5) is 26.7. The minimum Gasteiger partial charge on any atom is -0.457 e. The Hall–Kier alpha value is -2.36. The molecule has 2 rings (SSSR count). The van der Waals surface area contributed by atoms with Crippen molar-refractivity contribution in [2.45, 2.75) is 20.5 Å². The van der Waals surface area contributed by atoms with Gasteiger partial charge in [-0.25, -0.2) is 4.79 Å². The fourth-order valence-electron chi connectivity index (χ4n) is 1.90. The summed E-state index contributed by atoms with van der Waals surface area (Å²) in [6, 6.07) is 10.7. The van der Waals surface area contributed by atoms with Crippen molar-refractivity contribution in [2.75, 3.05) is 0 Å². The van der Waals surface area contributed by atoms with Gasteiger partial charge in [0.1, 0.15) is 12.2 Å². The van der Waals surface area contributed by atoms with E-state index in [0.717, 1.165) is 11.3 Å². The lowest BCUT2D eigenvalue weighted by atomic mass is 10.2. The Bertz CT molecular complexity index is 644. The largest absolute Gasteiger partial charge is 0.457 e. The number of ether oxygens (including phenoxy) is 1. The Labute approximate surface area is 111 Å². The van der Waals surface area contributed by atoms with Crippen molar-refractivity contribution in [3.05, 3.63) is 69.1 Å². The number of rotatable bonds is 3. The molecule has 0 saturated heterocycles. The maximum absolute atomic E-state index is 11.9. The highest BCUT2D eigenvalue weighted by Crippen LogP contribution is 2.06. The quantitative estimate of drug-likeness (QED) is 0.859. The molecule has 0 aliphatic carbocycles. The van der Waals surface area contributed by atoms with Gasteiger partial charge in [-0.3, -0.25) is 4.79 Å². The molecule has 0 aliphatic heterocycles. The minimum atomic E-state index is -0.595. The van der Waals surface area contributed by atoms with Crippen LogP contribution in [0.4, 0.5) is 0 Å². The van der Waals surface area contributed by atoms with Gasteiger partial charge in [-0.05, 0) is 19.4 Å². The third-order valence-electron chi connectivity index (χ3n) is 2.77. The third-order valence-corrected chi connectivity index (χ3v) is 2.77. The van der Waals surface area contributed by atoms with Crippen LogP contribution in [0.25, 0.3) is 0 Å². The van der Waals surface area contributed by atoms with Crippen molar-refractivity contribution in [2.24, 2.45) is 0 Å². The summed E-state index contributed by atoms with van der Waals surface area (Å²) in [6.45, 7) is 3.62. The van der Waals surface area contributed by atoms with Crippen molar-refractivity contribution in [1.29, 1.82) is 0 Å². The van der Waals surface area contributed by atoms with Gasteiger partial charge in [0.25, 0.3) is 0 Å². The van der Waals surface area contributed by atoms with Gasteiger partial charge < -0.3 is 9.72 Å². The summed E-state index contributed by atoms with van der Waals surface area (Å²) in [5.74, 6) is -0.595. The normalized spacial score (nSPS) is 10.2. The van der Waals surface area contributed by atoms with Gasteiger partial charge in [0.15, 0.2) is 5.43 Å². The molecular weight excluding hydrogens is 242 g/mol. The van der Waals surface area contributed by atoms with Gasteiger partial charge >= 0.3 is 5.97 Å². The SMILES string of the molecule is Cc1cc(=O)c(C(=O)OCc2ccccc2)c(C)[nH]1. The van der Waals surface area contributed by atoms with Crippen LogP contribution in [-0.4, -0.2) is 11.0 Å². The van der Waals surface area contributed by atoms with E-state index in [9.17, 15) is 9.59 Å². The number of hydrogen-bond acceptors (Lipinski definition) is 3. The Balaban J connectivity index is 2.15. The molecule has 1 N–H and O–H groups in total. The fraction of sp³-hybridized carbons (Fsp3) is 0.200. The Morgan fingerprint density at radius 1 is 1.21 bits per heavy atom. The van der Waals surface area contributed by atoms with E-state index in [0.29, 0.717) is 5.69 Å². The van der Waals surface area contributed by atoms with Crippen LogP contribution >= 0.6 is 0 Å². The molecule has 0 saturated carbocycles. The van der Waals surface area contributed by atoms with E-state index in [1.54, 1.807) is 13.8 Å². The van der Waals surface area contributed by atoms with Crippen LogP contribution < -0.4 is 5.43 Å². The number of hydrogen-bond donors (Lipinski definition) is 1. The number of benzene rings is 1. The van der Waals surface area contributed by atoms with Gasteiger partial charge in [-0.2, -0.15) is 0 Å². The molecule has 1 heterocycles. The lowest BCUT2D eigenvalue weighted by Crippen LogP contribution is -2.20. The molecule has 0 radical (unpaired) electrons. The lowest BCUT2D eigenvalue weighted by molar-refractivity contribution is 0.0469. The predicted molar refractivity (Wildman–Crippen MR) is 72.1 cm³/mol. The summed E-state index contributed by atoms with van der Waals surface area (Å²) >= 11 is 0. The highest BCUT2D eigenvalue weighted by atomic mass is 16.5. The van der Waals surface area contributed by atoms with Crippen LogP contribution in [0, 0.1) is 13.8 Å². The molecule has 0 amide bonds. The summed E-state index contributed by atoms with van der Waals surface area (Å²) < 4.78 is 5.16. The zero-order chi connectivity index (χ0) is 13.8. The first-order valence-electron chi connectivity index (χ1n) is 5.99. The van der Waals surface area contributed by atoms with Crippen molar-refractivity contribution < 1.29 is 9.53 Å². The van der Waals surface area contributed by atoms with Crippen LogP contribution in [0.5, 0.6) is 0 Å². The molecule has 2 aromatic rings. The van der Waals surface area contributed by atoms with Gasteiger partial charge in [0, 0.05) is 17.5 Å². The molecule has 0 spiro atoms.